The molecular weight excluding hydrogens is 360 g/mol. The summed E-state index contributed by atoms with van der Waals surface area (Å²) in [7, 11) is 0. The second-order valence-electron chi connectivity index (χ2n) is 8.35. The molecule has 1 aliphatic carbocycles. The molecule has 2 aromatic carbocycles. The SMILES string of the molecule is Cc1cc(C)cc(CC(=O)N(Cc2ccccc2)C(C)C(=O)NC2CCCC2)c1. The first-order valence-corrected chi connectivity index (χ1v) is 10.6. The van der Waals surface area contributed by atoms with Crippen LogP contribution in [0.5, 0.6) is 0 Å². The van der Waals surface area contributed by atoms with E-state index in [-0.39, 0.29) is 17.9 Å². The van der Waals surface area contributed by atoms with Gasteiger partial charge >= 0.3 is 0 Å². The van der Waals surface area contributed by atoms with Crippen LogP contribution in [0.25, 0.3) is 0 Å². The lowest BCUT2D eigenvalue weighted by Crippen LogP contribution is -2.50. The first-order valence-electron chi connectivity index (χ1n) is 10.6. The van der Waals surface area contributed by atoms with Gasteiger partial charge < -0.3 is 10.2 Å². The third kappa shape index (κ3) is 5.93. The molecule has 0 aliphatic heterocycles. The number of benzene rings is 2. The molecule has 0 spiro atoms. The van der Waals surface area contributed by atoms with Crippen molar-refractivity contribution in [1.82, 2.24) is 10.2 Å². The van der Waals surface area contributed by atoms with E-state index in [0.717, 1.165) is 35.1 Å². The quantitative estimate of drug-likeness (QED) is 0.763. The van der Waals surface area contributed by atoms with E-state index >= 15 is 0 Å². The summed E-state index contributed by atoms with van der Waals surface area (Å²) < 4.78 is 0. The molecule has 154 valence electrons. The summed E-state index contributed by atoms with van der Waals surface area (Å²) in [5.74, 6) is -0.0745. The fourth-order valence-electron chi connectivity index (χ4n) is 4.20. The predicted molar refractivity (Wildman–Crippen MR) is 116 cm³/mol. The Morgan fingerprint density at radius 3 is 2.24 bits per heavy atom. The Bertz CT molecular complexity index is 821. The standard InChI is InChI=1S/C25H32N2O2/c1-18-13-19(2)15-22(14-18)16-24(28)27(17-21-9-5-4-6-10-21)20(3)25(29)26-23-11-7-8-12-23/h4-6,9-10,13-15,20,23H,7-8,11-12,16-17H2,1-3H3,(H,26,29). The van der Waals surface area contributed by atoms with Gasteiger partial charge in [0.2, 0.25) is 11.8 Å². The molecule has 0 bridgehead atoms. The van der Waals surface area contributed by atoms with Gasteiger partial charge in [0.15, 0.2) is 0 Å². The highest BCUT2D eigenvalue weighted by Crippen LogP contribution is 2.19. The molecule has 1 fully saturated rings. The zero-order chi connectivity index (χ0) is 20.8. The van der Waals surface area contributed by atoms with Gasteiger partial charge in [-0.2, -0.15) is 0 Å². The van der Waals surface area contributed by atoms with Gasteiger partial charge in [-0.1, -0.05) is 72.5 Å². The van der Waals surface area contributed by atoms with Crippen LogP contribution in [-0.2, 0) is 22.6 Å². The molecule has 0 saturated heterocycles. The van der Waals surface area contributed by atoms with Gasteiger partial charge in [-0.05, 0) is 44.7 Å². The van der Waals surface area contributed by atoms with E-state index in [0.29, 0.717) is 13.0 Å². The number of nitrogens with zero attached hydrogens (tertiary/aromatic N) is 1. The fourth-order valence-corrected chi connectivity index (χ4v) is 4.20. The minimum Gasteiger partial charge on any atom is -0.352 e. The molecule has 4 heteroatoms. The highest BCUT2D eigenvalue weighted by atomic mass is 16.2. The Hall–Kier alpha value is -2.62. The number of hydrogen-bond donors (Lipinski definition) is 1. The fraction of sp³-hybridized carbons (Fsp3) is 0.440. The van der Waals surface area contributed by atoms with Crippen LogP contribution in [0, 0.1) is 13.8 Å². The van der Waals surface area contributed by atoms with E-state index in [4.69, 9.17) is 0 Å². The van der Waals surface area contributed by atoms with Crippen molar-refractivity contribution in [1.29, 1.82) is 0 Å². The number of aryl methyl sites for hydroxylation is 2. The van der Waals surface area contributed by atoms with Crippen molar-refractivity contribution < 1.29 is 9.59 Å². The first kappa shape index (κ1) is 21.1. The van der Waals surface area contributed by atoms with Gasteiger partial charge in [0.05, 0.1) is 6.42 Å². The van der Waals surface area contributed by atoms with Crippen molar-refractivity contribution >= 4 is 11.8 Å². The molecule has 1 unspecified atom stereocenters. The first-order chi connectivity index (χ1) is 13.9. The molecule has 1 aliphatic rings. The highest BCUT2D eigenvalue weighted by molar-refractivity contribution is 5.88. The smallest absolute Gasteiger partial charge is 0.242 e. The summed E-state index contributed by atoms with van der Waals surface area (Å²) in [5, 5.41) is 3.15. The molecule has 1 saturated carbocycles. The maximum Gasteiger partial charge on any atom is 0.242 e. The molecule has 2 amide bonds. The Morgan fingerprint density at radius 2 is 1.62 bits per heavy atom. The number of nitrogens with one attached hydrogen (secondary N) is 1. The van der Waals surface area contributed by atoms with Crippen LogP contribution < -0.4 is 5.32 Å². The summed E-state index contributed by atoms with van der Waals surface area (Å²) in [6, 6.07) is 15.8. The number of amides is 2. The van der Waals surface area contributed by atoms with Gasteiger partial charge in [-0.25, -0.2) is 0 Å². The van der Waals surface area contributed by atoms with E-state index < -0.39 is 6.04 Å². The second-order valence-corrected chi connectivity index (χ2v) is 8.35. The molecule has 0 aromatic heterocycles. The van der Waals surface area contributed by atoms with Crippen LogP contribution in [0.4, 0.5) is 0 Å². The van der Waals surface area contributed by atoms with Crippen molar-refractivity contribution in [3.05, 3.63) is 70.8 Å². The van der Waals surface area contributed by atoms with Crippen molar-refractivity contribution in [3.8, 4) is 0 Å². The summed E-state index contributed by atoms with van der Waals surface area (Å²) >= 11 is 0. The predicted octanol–water partition coefficient (Wildman–Crippen LogP) is 4.32. The Kier molecular flexibility index (Phi) is 7.08. The van der Waals surface area contributed by atoms with E-state index in [9.17, 15) is 9.59 Å². The average Bonchev–Trinajstić information content (AvgIpc) is 3.18. The molecule has 2 aromatic rings. The van der Waals surface area contributed by atoms with E-state index in [1.165, 1.54) is 12.8 Å². The third-order valence-electron chi connectivity index (χ3n) is 5.70. The molecular formula is C25H32N2O2. The lowest BCUT2D eigenvalue weighted by Gasteiger charge is -2.30. The number of rotatable bonds is 7. The van der Waals surface area contributed by atoms with Crippen LogP contribution in [0.1, 0.15) is 54.9 Å². The van der Waals surface area contributed by atoms with Gasteiger partial charge in [0.25, 0.3) is 0 Å². The van der Waals surface area contributed by atoms with Crippen LogP contribution in [0.2, 0.25) is 0 Å². The molecule has 4 nitrogen and oxygen atoms in total. The largest absolute Gasteiger partial charge is 0.352 e. The van der Waals surface area contributed by atoms with Crippen LogP contribution in [0.3, 0.4) is 0 Å². The topological polar surface area (TPSA) is 49.4 Å². The van der Waals surface area contributed by atoms with Gasteiger partial charge in [-0.3, -0.25) is 9.59 Å². The van der Waals surface area contributed by atoms with Gasteiger partial charge in [0.1, 0.15) is 6.04 Å². The van der Waals surface area contributed by atoms with E-state index in [2.05, 4.69) is 23.5 Å². The molecule has 3 rings (SSSR count). The van der Waals surface area contributed by atoms with Crippen LogP contribution in [-0.4, -0.2) is 28.8 Å². The van der Waals surface area contributed by atoms with Gasteiger partial charge in [-0.15, -0.1) is 0 Å². The van der Waals surface area contributed by atoms with E-state index in [1.54, 1.807) is 4.90 Å². The molecule has 1 atom stereocenters. The van der Waals surface area contributed by atoms with Crippen molar-refractivity contribution in [2.24, 2.45) is 0 Å². The monoisotopic (exact) mass is 392 g/mol. The molecule has 29 heavy (non-hydrogen) atoms. The maximum atomic E-state index is 13.3. The normalized spacial score (nSPS) is 15.1. The summed E-state index contributed by atoms with van der Waals surface area (Å²) in [4.78, 5) is 27.9. The van der Waals surface area contributed by atoms with Crippen molar-refractivity contribution in [3.63, 3.8) is 0 Å². The third-order valence-corrected chi connectivity index (χ3v) is 5.70. The average molecular weight is 393 g/mol. The summed E-state index contributed by atoms with van der Waals surface area (Å²) in [6.45, 7) is 6.36. The Morgan fingerprint density at radius 1 is 1.00 bits per heavy atom. The maximum absolute atomic E-state index is 13.3. The second kappa shape index (κ2) is 9.73. The zero-order valence-corrected chi connectivity index (χ0v) is 17.8. The lowest BCUT2D eigenvalue weighted by atomic mass is 10.0. The minimum absolute atomic E-state index is 0.0204. The van der Waals surface area contributed by atoms with Crippen LogP contribution >= 0.6 is 0 Å². The number of carbonyl (C=O) groups is 2. The molecule has 1 N–H and O–H groups in total. The summed E-state index contributed by atoms with van der Waals surface area (Å²) in [6.07, 6.45) is 4.70. The minimum atomic E-state index is -0.505. The Balaban J connectivity index is 1.77. The molecule has 0 radical (unpaired) electrons. The van der Waals surface area contributed by atoms with Crippen molar-refractivity contribution in [2.75, 3.05) is 0 Å². The van der Waals surface area contributed by atoms with Gasteiger partial charge in [0, 0.05) is 12.6 Å². The van der Waals surface area contributed by atoms with Crippen LogP contribution in [0.15, 0.2) is 48.5 Å². The highest BCUT2D eigenvalue weighted by Gasteiger charge is 2.28. The van der Waals surface area contributed by atoms with Crippen molar-refractivity contribution in [2.45, 2.75) is 71.5 Å². The Labute approximate surface area is 174 Å². The molecule has 0 heterocycles. The van der Waals surface area contributed by atoms with E-state index in [1.807, 2.05) is 51.1 Å². The number of carbonyl (C=O) groups excluding carboxylic acids is 2. The lowest BCUT2D eigenvalue weighted by molar-refractivity contribution is -0.140. The summed E-state index contributed by atoms with van der Waals surface area (Å²) in [5.41, 5.74) is 4.32. The zero-order valence-electron chi connectivity index (χ0n) is 17.8. The number of hydrogen-bond acceptors (Lipinski definition) is 2.